The second-order valence-corrected chi connectivity index (χ2v) is 6.86. The molecule has 0 fully saturated rings. The van der Waals surface area contributed by atoms with E-state index < -0.39 is 0 Å². The molecule has 2 aromatic heterocycles. The zero-order chi connectivity index (χ0) is 17.9. The lowest BCUT2D eigenvalue weighted by molar-refractivity contribution is -0.113. The number of benzene rings is 2. The average Bonchev–Trinajstić information content (AvgIpc) is 3.30. The number of nitrogens with one attached hydrogen (secondary N) is 3. The van der Waals surface area contributed by atoms with E-state index in [0.717, 1.165) is 22.2 Å². The van der Waals surface area contributed by atoms with Crippen LogP contribution in [0.15, 0.2) is 59.9 Å². The van der Waals surface area contributed by atoms with E-state index >= 15 is 0 Å². The molecule has 0 aliphatic carbocycles. The smallest absolute Gasteiger partial charge is 0.234 e. The molecule has 1 amide bonds. The molecule has 0 aliphatic heterocycles. The number of aromatic amines is 2. The minimum absolute atomic E-state index is 0.0983. The van der Waals surface area contributed by atoms with Gasteiger partial charge in [-0.25, -0.2) is 4.98 Å². The third-order valence-electron chi connectivity index (χ3n) is 3.98. The fourth-order valence-electron chi connectivity index (χ4n) is 2.66. The molecule has 0 bridgehead atoms. The fourth-order valence-corrected chi connectivity index (χ4v) is 3.26. The number of aryl methyl sites for hydroxylation is 1. The molecular formula is C19H17N5OS. The minimum Gasteiger partial charge on any atom is -0.359 e. The predicted octanol–water partition coefficient (Wildman–Crippen LogP) is 3.99. The molecule has 0 atom stereocenters. The lowest BCUT2D eigenvalue weighted by Gasteiger charge is -2.05. The third kappa shape index (κ3) is 3.48. The van der Waals surface area contributed by atoms with Crippen LogP contribution in [-0.4, -0.2) is 31.8 Å². The zero-order valence-corrected chi connectivity index (χ0v) is 14.9. The van der Waals surface area contributed by atoms with Gasteiger partial charge in [-0.3, -0.25) is 9.89 Å². The second kappa shape index (κ2) is 7.05. The van der Waals surface area contributed by atoms with Crippen molar-refractivity contribution in [1.29, 1.82) is 0 Å². The first kappa shape index (κ1) is 16.4. The summed E-state index contributed by atoms with van der Waals surface area (Å²) in [5.41, 5.74) is 3.85. The maximum atomic E-state index is 12.3. The highest BCUT2D eigenvalue weighted by molar-refractivity contribution is 7.99. The summed E-state index contributed by atoms with van der Waals surface area (Å²) >= 11 is 1.30. The van der Waals surface area contributed by atoms with Crippen LogP contribution < -0.4 is 5.32 Å². The van der Waals surface area contributed by atoms with Crippen LogP contribution in [0.4, 0.5) is 5.69 Å². The van der Waals surface area contributed by atoms with E-state index in [4.69, 9.17) is 0 Å². The molecule has 0 unspecified atom stereocenters. The summed E-state index contributed by atoms with van der Waals surface area (Å²) in [5.74, 6) is 0.838. The van der Waals surface area contributed by atoms with Gasteiger partial charge in [-0.05, 0) is 19.1 Å². The van der Waals surface area contributed by atoms with Crippen LogP contribution >= 0.6 is 11.8 Å². The van der Waals surface area contributed by atoms with Gasteiger partial charge >= 0.3 is 0 Å². The number of hydrogen-bond donors (Lipinski definition) is 3. The van der Waals surface area contributed by atoms with Gasteiger partial charge in [-0.1, -0.05) is 53.7 Å². The lowest BCUT2D eigenvalue weighted by atomic mass is 10.1. The molecule has 2 heterocycles. The van der Waals surface area contributed by atoms with Crippen molar-refractivity contribution in [2.24, 2.45) is 0 Å². The number of amides is 1. The zero-order valence-electron chi connectivity index (χ0n) is 14.1. The SMILES string of the molecule is Cc1ccc(-c2nc(SCC(=O)Nc3cccc4cc[nH]c34)n[nH]2)cc1. The Labute approximate surface area is 154 Å². The average molecular weight is 363 g/mol. The van der Waals surface area contributed by atoms with Gasteiger partial charge in [-0.2, -0.15) is 0 Å². The van der Waals surface area contributed by atoms with Crippen molar-refractivity contribution < 1.29 is 4.79 Å². The number of aromatic nitrogens is 4. The molecule has 0 radical (unpaired) electrons. The predicted molar refractivity (Wildman–Crippen MR) is 104 cm³/mol. The summed E-state index contributed by atoms with van der Waals surface area (Å²) in [6.45, 7) is 2.04. The van der Waals surface area contributed by atoms with E-state index in [2.05, 4.69) is 25.5 Å². The number of rotatable bonds is 5. The maximum absolute atomic E-state index is 12.3. The second-order valence-electron chi connectivity index (χ2n) is 5.92. The van der Waals surface area contributed by atoms with Gasteiger partial charge < -0.3 is 10.3 Å². The van der Waals surface area contributed by atoms with Crippen molar-refractivity contribution in [3.8, 4) is 11.4 Å². The Morgan fingerprint density at radius 3 is 2.85 bits per heavy atom. The summed E-state index contributed by atoms with van der Waals surface area (Å²) in [7, 11) is 0. The number of carbonyl (C=O) groups excluding carboxylic acids is 1. The van der Waals surface area contributed by atoms with Gasteiger partial charge in [0.25, 0.3) is 0 Å². The van der Waals surface area contributed by atoms with Crippen LogP contribution in [0.2, 0.25) is 0 Å². The largest absolute Gasteiger partial charge is 0.359 e. The normalized spacial score (nSPS) is 11.0. The van der Waals surface area contributed by atoms with Crippen LogP contribution in [0.1, 0.15) is 5.56 Å². The van der Waals surface area contributed by atoms with Gasteiger partial charge in [0.05, 0.1) is 17.0 Å². The first-order valence-corrected chi connectivity index (χ1v) is 9.16. The molecule has 0 saturated heterocycles. The van der Waals surface area contributed by atoms with Crippen molar-refractivity contribution in [3.63, 3.8) is 0 Å². The number of carbonyl (C=O) groups is 1. The van der Waals surface area contributed by atoms with E-state index in [1.54, 1.807) is 0 Å². The van der Waals surface area contributed by atoms with E-state index in [9.17, 15) is 4.79 Å². The maximum Gasteiger partial charge on any atom is 0.234 e. The molecule has 130 valence electrons. The highest BCUT2D eigenvalue weighted by atomic mass is 32.2. The summed E-state index contributed by atoms with van der Waals surface area (Å²) in [6.07, 6.45) is 1.86. The van der Waals surface area contributed by atoms with Gasteiger partial charge in [0.1, 0.15) is 0 Å². The molecule has 0 aliphatic rings. The van der Waals surface area contributed by atoms with Crippen molar-refractivity contribution in [2.45, 2.75) is 12.1 Å². The molecule has 3 N–H and O–H groups in total. The monoisotopic (exact) mass is 363 g/mol. The fraction of sp³-hybridized carbons (Fsp3) is 0.105. The number of para-hydroxylation sites is 1. The number of anilines is 1. The summed E-state index contributed by atoms with van der Waals surface area (Å²) in [4.78, 5) is 19.8. The molecule has 26 heavy (non-hydrogen) atoms. The highest BCUT2D eigenvalue weighted by Crippen LogP contribution is 2.23. The van der Waals surface area contributed by atoms with Gasteiger partial charge in [0, 0.05) is 17.1 Å². The van der Waals surface area contributed by atoms with E-state index in [1.165, 1.54) is 17.3 Å². The lowest BCUT2D eigenvalue weighted by Crippen LogP contribution is -2.14. The van der Waals surface area contributed by atoms with E-state index in [0.29, 0.717) is 11.0 Å². The molecule has 2 aromatic carbocycles. The molecule has 4 rings (SSSR count). The number of nitrogens with zero attached hydrogens (tertiary/aromatic N) is 2. The van der Waals surface area contributed by atoms with Crippen LogP contribution in [0.25, 0.3) is 22.3 Å². The summed E-state index contributed by atoms with van der Waals surface area (Å²) in [6, 6.07) is 15.8. The van der Waals surface area contributed by atoms with Crippen molar-refractivity contribution in [1.82, 2.24) is 20.2 Å². The topological polar surface area (TPSA) is 86.5 Å². The van der Waals surface area contributed by atoms with Gasteiger partial charge in [0.15, 0.2) is 5.82 Å². The minimum atomic E-state index is -0.0983. The Hall–Kier alpha value is -3.06. The Balaban J connectivity index is 1.39. The Bertz CT molecular complexity index is 1050. The van der Waals surface area contributed by atoms with E-state index in [1.807, 2.05) is 61.7 Å². The number of H-pyrrole nitrogens is 2. The van der Waals surface area contributed by atoms with Crippen LogP contribution in [0.3, 0.4) is 0 Å². The molecule has 6 nitrogen and oxygen atoms in total. The van der Waals surface area contributed by atoms with E-state index in [-0.39, 0.29) is 11.7 Å². The number of fused-ring (bicyclic) bond motifs is 1. The van der Waals surface area contributed by atoms with Crippen molar-refractivity contribution in [3.05, 3.63) is 60.3 Å². The standard InChI is InChI=1S/C19H17N5OS/c1-12-5-7-14(8-6-12)18-22-19(24-23-18)26-11-16(25)21-15-4-2-3-13-9-10-20-17(13)15/h2-10,20H,11H2,1H3,(H,21,25)(H,22,23,24). The quantitative estimate of drug-likeness (QED) is 0.468. The van der Waals surface area contributed by atoms with Crippen LogP contribution in [0.5, 0.6) is 0 Å². The molecule has 4 aromatic rings. The van der Waals surface area contributed by atoms with Crippen molar-refractivity contribution in [2.75, 3.05) is 11.1 Å². The summed E-state index contributed by atoms with van der Waals surface area (Å²) < 4.78 is 0. The third-order valence-corrected chi connectivity index (χ3v) is 4.83. The molecule has 0 spiro atoms. The first-order chi connectivity index (χ1) is 12.7. The first-order valence-electron chi connectivity index (χ1n) is 8.17. The van der Waals surface area contributed by atoms with Crippen LogP contribution in [0, 0.1) is 6.92 Å². The summed E-state index contributed by atoms with van der Waals surface area (Å²) in [5, 5.41) is 11.6. The van der Waals surface area contributed by atoms with Gasteiger partial charge in [0.2, 0.25) is 11.1 Å². The molecule has 7 heteroatoms. The number of thioether (sulfide) groups is 1. The van der Waals surface area contributed by atoms with Gasteiger partial charge in [-0.15, -0.1) is 5.10 Å². The molecule has 0 saturated carbocycles. The molecular weight excluding hydrogens is 346 g/mol. The Kier molecular flexibility index (Phi) is 4.45. The van der Waals surface area contributed by atoms with Crippen molar-refractivity contribution >= 4 is 34.3 Å². The Morgan fingerprint density at radius 1 is 1.15 bits per heavy atom. The van der Waals surface area contributed by atoms with Crippen LogP contribution in [-0.2, 0) is 4.79 Å². The number of hydrogen-bond acceptors (Lipinski definition) is 4. The highest BCUT2D eigenvalue weighted by Gasteiger charge is 2.10. The Morgan fingerprint density at radius 2 is 2.00 bits per heavy atom.